The van der Waals surface area contributed by atoms with Crippen molar-refractivity contribution >= 4 is 0 Å². The molecule has 2 nitrogen and oxygen atoms in total. The van der Waals surface area contributed by atoms with Gasteiger partial charge in [0.25, 0.3) is 0 Å². The topological polar surface area (TPSA) is 12.5 Å². The second kappa shape index (κ2) is 4.99. The zero-order chi connectivity index (χ0) is 12.4. The van der Waals surface area contributed by atoms with Crippen molar-refractivity contribution < 1.29 is 4.74 Å². The molecule has 2 heteroatoms. The number of nitrogens with zero attached hydrogens (tertiary/aromatic N) is 1. The lowest BCUT2D eigenvalue weighted by molar-refractivity contribution is 0.307. The van der Waals surface area contributed by atoms with Crippen molar-refractivity contribution in [1.82, 2.24) is 4.90 Å². The summed E-state index contributed by atoms with van der Waals surface area (Å²) in [6.45, 7) is 3.09. The standard InChI is InChI=1S/C16H19NO/c1-18-16-9-5-8-14-11-17(12-15(14)16)10-13-6-3-2-4-7-13/h3,5-9H,2,4,10-12H2,1H3. The number of ether oxygens (including phenoxy) is 1. The van der Waals surface area contributed by atoms with E-state index in [0.717, 1.165) is 25.4 Å². The van der Waals surface area contributed by atoms with E-state index in [-0.39, 0.29) is 0 Å². The fourth-order valence-electron chi connectivity index (χ4n) is 2.81. The largest absolute Gasteiger partial charge is 0.496 e. The molecule has 0 radical (unpaired) electrons. The van der Waals surface area contributed by atoms with E-state index in [0.29, 0.717) is 0 Å². The summed E-state index contributed by atoms with van der Waals surface area (Å²) < 4.78 is 5.44. The van der Waals surface area contributed by atoms with Crippen LogP contribution >= 0.6 is 0 Å². The van der Waals surface area contributed by atoms with E-state index in [4.69, 9.17) is 4.74 Å². The van der Waals surface area contributed by atoms with Gasteiger partial charge in [0.05, 0.1) is 7.11 Å². The average Bonchev–Trinajstić information content (AvgIpc) is 2.82. The maximum absolute atomic E-state index is 5.44. The van der Waals surface area contributed by atoms with Gasteiger partial charge in [-0.3, -0.25) is 4.90 Å². The molecule has 1 heterocycles. The Bertz CT molecular complexity index is 502. The van der Waals surface area contributed by atoms with Gasteiger partial charge in [-0.15, -0.1) is 0 Å². The van der Waals surface area contributed by atoms with Gasteiger partial charge in [0.2, 0.25) is 0 Å². The number of rotatable bonds is 3. The molecule has 0 fully saturated rings. The van der Waals surface area contributed by atoms with Crippen LogP contribution in [-0.2, 0) is 13.1 Å². The summed E-state index contributed by atoms with van der Waals surface area (Å²) in [7, 11) is 1.75. The van der Waals surface area contributed by atoms with Crippen molar-refractivity contribution in [2.24, 2.45) is 0 Å². The van der Waals surface area contributed by atoms with E-state index in [1.807, 2.05) is 0 Å². The maximum Gasteiger partial charge on any atom is 0.123 e. The number of benzene rings is 1. The molecule has 0 atom stereocenters. The lowest BCUT2D eigenvalue weighted by Gasteiger charge is -2.17. The maximum atomic E-state index is 5.44. The van der Waals surface area contributed by atoms with Gasteiger partial charge in [0, 0.05) is 25.2 Å². The van der Waals surface area contributed by atoms with Crippen molar-refractivity contribution in [3.8, 4) is 5.75 Å². The fraction of sp³-hybridized carbons (Fsp3) is 0.375. The van der Waals surface area contributed by atoms with Gasteiger partial charge in [-0.25, -0.2) is 0 Å². The Hall–Kier alpha value is -1.54. The van der Waals surface area contributed by atoms with Gasteiger partial charge in [0.15, 0.2) is 0 Å². The predicted molar refractivity (Wildman–Crippen MR) is 73.6 cm³/mol. The lowest BCUT2D eigenvalue weighted by atomic mass is 10.1. The molecule has 94 valence electrons. The quantitative estimate of drug-likeness (QED) is 0.805. The molecule has 0 unspecified atom stereocenters. The van der Waals surface area contributed by atoms with Crippen molar-refractivity contribution in [3.05, 3.63) is 53.1 Å². The molecule has 0 saturated heterocycles. The predicted octanol–water partition coefficient (Wildman–Crippen LogP) is 3.29. The summed E-state index contributed by atoms with van der Waals surface area (Å²) in [6.07, 6.45) is 9.29. The van der Waals surface area contributed by atoms with Gasteiger partial charge >= 0.3 is 0 Å². The molecule has 3 rings (SSSR count). The van der Waals surface area contributed by atoms with E-state index >= 15 is 0 Å². The van der Waals surface area contributed by atoms with Crippen LogP contribution in [0.4, 0.5) is 0 Å². The van der Waals surface area contributed by atoms with Crippen LogP contribution in [0.25, 0.3) is 0 Å². The molecule has 1 aromatic carbocycles. The first kappa shape index (κ1) is 11.5. The Kier molecular flexibility index (Phi) is 3.20. The normalized spacial score (nSPS) is 18.6. The summed E-state index contributed by atoms with van der Waals surface area (Å²) in [5, 5.41) is 0. The van der Waals surface area contributed by atoms with Gasteiger partial charge < -0.3 is 4.74 Å². The molecule has 0 amide bonds. The first-order valence-electron chi connectivity index (χ1n) is 6.59. The minimum absolute atomic E-state index is 1.00. The number of hydrogen-bond acceptors (Lipinski definition) is 2. The lowest BCUT2D eigenvalue weighted by Crippen LogP contribution is -2.19. The third kappa shape index (κ3) is 2.21. The van der Waals surface area contributed by atoms with Crippen LogP contribution in [0, 0.1) is 0 Å². The molecule has 2 aliphatic rings. The zero-order valence-electron chi connectivity index (χ0n) is 10.9. The molecular formula is C16H19NO. The Balaban J connectivity index is 1.73. The van der Waals surface area contributed by atoms with Crippen LogP contribution in [0.15, 0.2) is 42.0 Å². The highest BCUT2D eigenvalue weighted by atomic mass is 16.5. The van der Waals surface area contributed by atoms with Gasteiger partial charge in [-0.2, -0.15) is 0 Å². The van der Waals surface area contributed by atoms with Crippen LogP contribution in [-0.4, -0.2) is 18.6 Å². The van der Waals surface area contributed by atoms with Crippen LogP contribution in [0.1, 0.15) is 24.0 Å². The van der Waals surface area contributed by atoms with Crippen molar-refractivity contribution in [3.63, 3.8) is 0 Å². The van der Waals surface area contributed by atoms with E-state index in [1.54, 1.807) is 7.11 Å². The number of hydrogen-bond donors (Lipinski definition) is 0. The fourth-order valence-corrected chi connectivity index (χ4v) is 2.81. The Morgan fingerprint density at radius 3 is 2.94 bits per heavy atom. The van der Waals surface area contributed by atoms with E-state index < -0.39 is 0 Å². The molecule has 0 N–H and O–H groups in total. The van der Waals surface area contributed by atoms with Crippen LogP contribution < -0.4 is 4.74 Å². The van der Waals surface area contributed by atoms with Gasteiger partial charge in [-0.1, -0.05) is 30.4 Å². The van der Waals surface area contributed by atoms with Crippen LogP contribution in [0.2, 0.25) is 0 Å². The Morgan fingerprint density at radius 1 is 1.22 bits per heavy atom. The molecule has 0 spiro atoms. The summed E-state index contributed by atoms with van der Waals surface area (Å²) in [5.41, 5.74) is 4.23. The summed E-state index contributed by atoms with van der Waals surface area (Å²) in [4.78, 5) is 2.48. The van der Waals surface area contributed by atoms with Crippen LogP contribution in [0.5, 0.6) is 5.75 Å². The second-order valence-electron chi connectivity index (χ2n) is 5.00. The van der Waals surface area contributed by atoms with Crippen molar-refractivity contribution in [2.45, 2.75) is 25.9 Å². The third-order valence-electron chi connectivity index (χ3n) is 3.70. The molecular weight excluding hydrogens is 222 g/mol. The molecule has 1 aliphatic carbocycles. The Labute approximate surface area is 109 Å². The Morgan fingerprint density at radius 2 is 2.17 bits per heavy atom. The van der Waals surface area contributed by atoms with Crippen LogP contribution in [0.3, 0.4) is 0 Å². The summed E-state index contributed by atoms with van der Waals surface area (Å²) in [5.74, 6) is 1.03. The zero-order valence-corrected chi connectivity index (χ0v) is 10.9. The van der Waals surface area contributed by atoms with Crippen molar-refractivity contribution in [1.29, 1.82) is 0 Å². The van der Waals surface area contributed by atoms with Crippen molar-refractivity contribution in [2.75, 3.05) is 13.7 Å². The summed E-state index contributed by atoms with van der Waals surface area (Å²) in [6, 6.07) is 6.35. The molecule has 1 aromatic rings. The first-order chi connectivity index (χ1) is 8.86. The molecule has 0 saturated carbocycles. The van der Waals surface area contributed by atoms with E-state index in [2.05, 4.69) is 41.3 Å². The highest BCUT2D eigenvalue weighted by Crippen LogP contribution is 2.31. The smallest absolute Gasteiger partial charge is 0.123 e. The minimum atomic E-state index is 1.00. The van der Waals surface area contributed by atoms with E-state index in [1.165, 1.54) is 29.5 Å². The average molecular weight is 241 g/mol. The summed E-state index contributed by atoms with van der Waals surface area (Å²) >= 11 is 0. The highest BCUT2D eigenvalue weighted by Gasteiger charge is 2.22. The third-order valence-corrected chi connectivity index (χ3v) is 3.70. The number of allylic oxidation sites excluding steroid dienone is 2. The minimum Gasteiger partial charge on any atom is -0.496 e. The van der Waals surface area contributed by atoms with E-state index in [9.17, 15) is 0 Å². The monoisotopic (exact) mass is 241 g/mol. The molecule has 0 bridgehead atoms. The second-order valence-corrected chi connectivity index (χ2v) is 5.00. The number of methoxy groups -OCH3 is 1. The SMILES string of the molecule is COc1cccc2c1CN(CC1=CCCC=C1)C2. The molecule has 0 aromatic heterocycles. The van der Waals surface area contributed by atoms with Gasteiger partial charge in [0.1, 0.15) is 5.75 Å². The highest BCUT2D eigenvalue weighted by molar-refractivity contribution is 5.43. The molecule has 18 heavy (non-hydrogen) atoms. The number of fused-ring (bicyclic) bond motifs is 1. The first-order valence-corrected chi connectivity index (χ1v) is 6.59. The molecule has 1 aliphatic heterocycles. The van der Waals surface area contributed by atoms with Gasteiger partial charge in [-0.05, 0) is 30.0 Å².